The fourth-order valence-electron chi connectivity index (χ4n) is 1.09. The van der Waals surface area contributed by atoms with Crippen molar-refractivity contribution >= 4 is 39.0 Å². The first-order valence-electron chi connectivity index (χ1n) is 4.29. The van der Waals surface area contributed by atoms with Crippen LogP contribution in [0.25, 0.3) is 0 Å². The smallest absolute Gasteiger partial charge is 0.225 e. The molecule has 0 aliphatic heterocycles. The molecule has 6 heteroatoms. The lowest BCUT2D eigenvalue weighted by Crippen LogP contribution is -2.04. The summed E-state index contributed by atoms with van der Waals surface area (Å²) in [6, 6.07) is 3.72. The second kappa shape index (κ2) is 4.59. The number of rotatable bonds is 3. The molecule has 4 nitrogen and oxygen atoms in total. The van der Waals surface area contributed by atoms with E-state index >= 15 is 0 Å². The van der Waals surface area contributed by atoms with Crippen LogP contribution >= 0.6 is 27.3 Å². The minimum atomic E-state index is 0.449. The van der Waals surface area contributed by atoms with Crippen LogP contribution in [0.3, 0.4) is 0 Å². The van der Waals surface area contributed by atoms with Crippen molar-refractivity contribution in [1.82, 2.24) is 9.97 Å². The number of nitrogen functional groups attached to an aromatic ring is 1. The van der Waals surface area contributed by atoms with E-state index in [1.165, 1.54) is 5.56 Å². The number of nitrogens with one attached hydrogen (secondary N) is 1. The van der Waals surface area contributed by atoms with Crippen molar-refractivity contribution in [3.8, 4) is 0 Å². The highest BCUT2D eigenvalue weighted by Gasteiger charge is 2.00. The fraction of sp³-hybridized carbons (Fsp3) is 0.111. The lowest BCUT2D eigenvalue weighted by molar-refractivity contribution is 1.05. The van der Waals surface area contributed by atoms with E-state index in [0.29, 0.717) is 22.9 Å². The molecule has 0 radical (unpaired) electrons. The molecule has 0 fully saturated rings. The van der Waals surface area contributed by atoms with Gasteiger partial charge in [-0.2, -0.15) is 16.3 Å². The largest absolute Gasteiger partial charge is 0.383 e. The van der Waals surface area contributed by atoms with Crippen LogP contribution in [0, 0.1) is 0 Å². The predicted molar refractivity (Wildman–Crippen MR) is 65.8 cm³/mol. The monoisotopic (exact) mass is 284 g/mol. The number of thiophene rings is 1. The highest BCUT2D eigenvalue weighted by molar-refractivity contribution is 9.10. The molecule has 0 aromatic carbocycles. The average molecular weight is 285 g/mol. The molecule has 2 aromatic heterocycles. The second-order valence-corrected chi connectivity index (χ2v) is 4.52. The molecule has 0 bridgehead atoms. The Kier molecular flexibility index (Phi) is 3.17. The fourth-order valence-corrected chi connectivity index (χ4v) is 2.16. The summed E-state index contributed by atoms with van der Waals surface area (Å²) in [4.78, 5) is 8.21. The number of nitrogens with two attached hydrogens (primary N) is 1. The lowest BCUT2D eigenvalue weighted by atomic mass is 10.3. The van der Waals surface area contributed by atoms with Gasteiger partial charge in [0.05, 0.1) is 0 Å². The zero-order valence-corrected chi connectivity index (χ0v) is 10.2. The van der Waals surface area contributed by atoms with Crippen LogP contribution in [-0.4, -0.2) is 9.97 Å². The molecular formula is C9H9BrN4S. The van der Waals surface area contributed by atoms with Crippen LogP contribution in [0.5, 0.6) is 0 Å². The summed E-state index contributed by atoms with van der Waals surface area (Å²) < 4.78 is 0.683. The van der Waals surface area contributed by atoms with Gasteiger partial charge in [0, 0.05) is 12.6 Å². The summed E-state index contributed by atoms with van der Waals surface area (Å²) in [6.07, 6.45) is 0. The Morgan fingerprint density at radius 1 is 1.47 bits per heavy atom. The molecule has 78 valence electrons. The van der Waals surface area contributed by atoms with Crippen molar-refractivity contribution in [1.29, 1.82) is 0 Å². The molecule has 0 saturated carbocycles. The molecule has 0 saturated heterocycles. The zero-order chi connectivity index (χ0) is 10.7. The molecular weight excluding hydrogens is 276 g/mol. The highest BCUT2D eigenvalue weighted by Crippen LogP contribution is 2.13. The minimum Gasteiger partial charge on any atom is -0.383 e. The number of hydrogen-bond donors (Lipinski definition) is 2. The molecule has 0 unspecified atom stereocenters. The maximum Gasteiger partial charge on any atom is 0.225 e. The van der Waals surface area contributed by atoms with Gasteiger partial charge in [0.2, 0.25) is 5.95 Å². The Hall–Kier alpha value is -1.14. The molecule has 15 heavy (non-hydrogen) atoms. The number of anilines is 2. The Bertz CT molecular complexity index is 423. The minimum absolute atomic E-state index is 0.449. The summed E-state index contributed by atoms with van der Waals surface area (Å²) in [6.45, 7) is 0.708. The molecule has 3 N–H and O–H groups in total. The first kappa shape index (κ1) is 10.4. The van der Waals surface area contributed by atoms with Crippen LogP contribution < -0.4 is 11.1 Å². The van der Waals surface area contributed by atoms with E-state index in [-0.39, 0.29) is 0 Å². The molecule has 0 amide bonds. The summed E-state index contributed by atoms with van der Waals surface area (Å²) >= 11 is 4.93. The molecule has 0 atom stereocenters. The van der Waals surface area contributed by atoms with Gasteiger partial charge in [0.1, 0.15) is 10.4 Å². The number of nitrogens with zero attached hydrogens (tertiary/aromatic N) is 2. The van der Waals surface area contributed by atoms with Crippen molar-refractivity contribution in [2.24, 2.45) is 0 Å². The molecule has 0 aliphatic carbocycles. The van der Waals surface area contributed by atoms with Crippen molar-refractivity contribution < 1.29 is 0 Å². The van der Waals surface area contributed by atoms with Gasteiger partial charge >= 0.3 is 0 Å². The van der Waals surface area contributed by atoms with Crippen LogP contribution in [0.4, 0.5) is 11.8 Å². The topological polar surface area (TPSA) is 63.8 Å². The van der Waals surface area contributed by atoms with E-state index in [2.05, 4.69) is 42.7 Å². The maximum atomic E-state index is 5.59. The van der Waals surface area contributed by atoms with Crippen LogP contribution in [-0.2, 0) is 6.54 Å². The first-order chi connectivity index (χ1) is 7.24. The first-order valence-corrected chi connectivity index (χ1v) is 6.02. The Morgan fingerprint density at radius 2 is 2.33 bits per heavy atom. The van der Waals surface area contributed by atoms with Gasteiger partial charge in [0.15, 0.2) is 0 Å². The van der Waals surface area contributed by atoms with Gasteiger partial charge in [0.25, 0.3) is 0 Å². The van der Waals surface area contributed by atoms with Crippen molar-refractivity contribution in [2.75, 3.05) is 11.1 Å². The van der Waals surface area contributed by atoms with Crippen molar-refractivity contribution in [3.63, 3.8) is 0 Å². The highest BCUT2D eigenvalue weighted by atomic mass is 79.9. The Balaban J connectivity index is 2.05. The van der Waals surface area contributed by atoms with Gasteiger partial charge in [-0.05, 0) is 38.3 Å². The maximum absolute atomic E-state index is 5.59. The van der Waals surface area contributed by atoms with E-state index in [0.717, 1.165) is 0 Å². The van der Waals surface area contributed by atoms with Gasteiger partial charge < -0.3 is 11.1 Å². The Morgan fingerprint density at radius 3 is 3.00 bits per heavy atom. The molecule has 0 aliphatic rings. The van der Waals surface area contributed by atoms with E-state index in [4.69, 9.17) is 5.73 Å². The summed E-state index contributed by atoms with van der Waals surface area (Å²) in [5, 5.41) is 7.22. The summed E-state index contributed by atoms with van der Waals surface area (Å²) in [5.74, 6) is 0.984. The summed E-state index contributed by atoms with van der Waals surface area (Å²) in [5.41, 5.74) is 6.80. The van der Waals surface area contributed by atoms with Gasteiger partial charge in [-0.1, -0.05) is 0 Å². The van der Waals surface area contributed by atoms with Crippen LogP contribution in [0.15, 0.2) is 27.5 Å². The normalized spacial score (nSPS) is 10.2. The average Bonchev–Trinajstić information content (AvgIpc) is 2.65. The molecule has 0 spiro atoms. The quantitative estimate of drug-likeness (QED) is 0.850. The van der Waals surface area contributed by atoms with E-state index in [1.54, 1.807) is 17.4 Å². The third kappa shape index (κ3) is 2.90. The number of hydrogen-bond acceptors (Lipinski definition) is 5. The van der Waals surface area contributed by atoms with Crippen LogP contribution in [0.1, 0.15) is 5.56 Å². The SMILES string of the molecule is Nc1cc(Br)nc(NCc2ccsc2)n1. The number of aromatic nitrogens is 2. The second-order valence-electron chi connectivity index (χ2n) is 2.92. The van der Waals surface area contributed by atoms with E-state index < -0.39 is 0 Å². The van der Waals surface area contributed by atoms with E-state index in [1.807, 2.05) is 5.38 Å². The van der Waals surface area contributed by atoms with Crippen molar-refractivity contribution in [2.45, 2.75) is 6.54 Å². The standard InChI is InChI=1S/C9H9BrN4S/c10-7-3-8(11)14-9(13-7)12-4-6-1-2-15-5-6/h1-3,5H,4H2,(H3,11,12,13,14). The lowest BCUT2D eigenvalue weighted by Gasteiger charge is -2.04. The molecule has 2 aromatic rings. The number of halogens is 1. The van der Waals surface area contributed by atoms with Crippen LogP contribution in [0.2, 0.25) is 0 Å². The van der Waals surface area contributed by atoms with E-state index in [9.17, 15) is 0 Å². The Labute approximate surface area is 99.7 Å². The summed E-state index contributed by atoms with van der Waals surface area (Å²) in [7, 11) is 0. The predicted octanol–water partition coefficient (Wildman–Crippen LogP) is 2.49. The van der Waals surface area contributed by atoms with Gasteiger partial charge in [-0.25, -0.2) is 4.98 Å². The molecule has 2 rings (SSSR count). The third-order valence-electron chi connectivity index (χ3n) is 1.75. The van der Waals surface area contributed by atoms with Gasteiger partial charge in [-0.3, -0.25) is 0 Å². The van der Waals surface area contributed by atoms with Gasteiger partial charge in [-0.15, -0.1) is 0 Å². The van der Waals surface area contributed by atoms with Crippen molar-refractivity contribution in [3.05, 3.63) is 33.1 Å². The third-order valence-corrected chi connectivity index (χ3v) is 2.88. The molecule has 2 heterocycles. The zero-order valence-electron chi connectivity index (χ0n) is 7.77.